The Morgan fingerprint density at radius 1 is 0.864 bits per heavy atom. The Hall–Kier alpha value is -4.91. The lowest BCUT2D eigenvalue weighted by Gasteiger charge is -2.47. The largest absolute Gasteiger partial charge is 0.496 e. The third-order valence-electron chi connectivity index (χ3n) is 8.88. The minimum atomic E-state index is -0.949. The maximum atomic E-state index is 14.1. The smallest absolute Gasteiger partial charge is 0.323 e. The van der Waals surface area contributed by atoms with Crippen LogP contribution in [0.1, 0.15) is 59.9 Å². The molecule has 0 spiro atoms. The first kappa shape index (κ1) is 29.2. The van der Waals surface area contributed by atoms with Gasteiger partial charge in [-0.2, -0.15) is 0 Å². The van der Waals surface area contributed by atoms with Crippen LogP contribution in [0.4, 0.5) is 21.9 Å². The highest BCUT2D eigenvalue weighted by atomic mass is 16.5. The summed E-state index contributed by atoms with van der Waals surface area (Å²) in [5.41, 5.74) is 7.10. The van der Waals surface area contributed by atoms with Gasteiger partial charge in [0.05, 0.1) is 25.1 Å². The average Bonchev–Trinajstić information content (AvgIpc) is 3.05. The lowest BCUT2D eigenvalue weighted by molar-refractivity contribution is -0.128. The number of urea groups is 1. The van der Waals surface area contributed by atoms with Crippen molar-refractivity contribution in [2.45, 2.75) is 58.0 Å². The molecule has 6 rings (SSSR count). The highest BCUT2D eigenvalue weighted by molar-refractivity contribution is 6.14. The summed E-state index contributed by atoms with van der Waals surface area (Å²) in [5, 5.41) is 6.24. The summed E-state index contributed by atoms with van der Waals surface area (Å²) in [5.74, 6) is 0.554. The molecule has 3 amide bonds. The minimum Gasteiger partial charge on any atom is -0.496 e. The van der Waals surface area contributed by atoms with Crippen LogP contribution >= 0.6 is 0 Å². The van der Waals surface area contributed by atoms with Crippen molar-refractivity contribution in [2.75, 3.05) is 17.7 Å². The number of hydrogen-bond acceptors (Lipinski definition) is 4. The van der Waals surface area contributed by atoms with Gasteiger partial charge in [-0.3, -0.25) is 4.79 Å². The van der Waals surface area contributed by atoms with Gasteiger partial charge in [-0.25, -0.2) is 9.79 Å². The molecular formula is C37H38N4O3. The summed E-state index contributed by atoms with van der Waals surface area (Å²) < 4.78 is 5.47. The predicted molar refractivity (Wildman–Crippen MR) is 176 cm³/mol. The Kier molecular flexibility index (Phi) is 8.20. The van der Waals surface area contributed by atoms with E-state index in [0.29, 0.717) is 30.8 Å². The Morgan fingerprint density at radius 3 is 2.16 bits per heavy atom. The number of anilines is 2. The number of hydrogen-bond donors (Lipinski definition) is 2. The molecule has 1 aliphatic heterocycles. The normalized spacial score (nSPS) is 15.5. The van der Waals surface area contributed by atoms with Crippen LogP contribution in [-0.2, 0) is 11.3 Å². The summed E-state index contributed by atoms with van der Waals surface area (Å²) in [4.78, 5) is 34.7. The molecule has 44 heavy (non-hydrogen) atoms. The summed E-state index contributed by atoms with van der Waals surface area (Å²) in [7, 11) is 1.62. The fourth-order valence-corrected chi connectivity index (χ4v) is 6.46. The SMILES string of the molecule is COc1cc(NC(=O)C2(N3Cc4c(C)cc(N=C(c5ccccc5)c5ccccc5)cc4NC3=O)CCCCC2)ccc1C. The van der Waals surface area contributed by atoms with Crippen LogP contribution in [0.25, 0.3) is 0 Å². The van der Waals surface area contributed by atoms with Crippen molar-refractivity contribution >= 4 is 34.7 Å². The van der Waals surface area contributed by atoms with Crippen LogP contribution in [0.3, 0.4) is 0 Å². The van der Waals surface area contributed by atoms with Gasteiger partial charge in [0.25, 0.3) is 0 Å². The van der Waals surface area contributed by atoms with Crippen molar-refractivity contribution in [1.29, 1.82) is 0 Å². The van der Waals surface area contributed by atoms with Gasteiger partial charge in [0.15, 0.2) is 0 Å². The van der Waals surface area contributed by atoms with Gasteiger partial charge in [0.2, 0.25) is 5.91 Å². The number of aryl methyl sites for hydroxylation is 2. The van der Waals surface area contributed by atoms with Crippen molar-refractivity contribution in [3.8, 4) is 5.75 Å². The topological polar surface area (TPSA) is 83.0 Å². The molecule has 1 aliphatic carbocycles. The Balaban J connectivity index is 1.33. The van der Waals surface area contributed by atoms with Gasteiger partial charge in [-0.05, 0) is 61.6 Å². The molecule has 4 aromatic carbocycles. The number of benzene rings is 4. The zero-order chi connectivity index (χ0) is 30.7. The monoisotopic (exact) mass is 586 g/mol. The zero-order valence-electron chi connectivity index (χ0n) is 25.5. The second kappa shape index (κ2) is 12.4. The maximum absolute atomic E-state index is 14.1. The Bertz CT molecular complexity index is 1670. The number of nitrogens with one attached hydrogen (secondary N) is 2. The molecule has 2 N–H and O–H groups in total. The molecule has 0 unspecified atom stereocenters. The minimum absolute atomic E-state index is 0.157. The number of methoxy groups -OCH3 is 1. The van der Waals surface area contributed by atoms with Gasteiger partial charge < -0.3 is 20.3 Å². The van der Waals surface area contributed by atoms with Gasteiger partial charge >= 0.3 is 6.03 Å². The quantitative estimate of drug-likeness (QED) is 0.214. The third-order valence-corrected chi connectivity index (χ3v) is 8.88. The molecule has 7 heteroatoms. The van der Waals surface area contributed by atoms with Crippen molar-refractivity contribution in [3.05, 3.63) is 119 Å². The number of carbonyl (C=O) groups excluding carboxylic acids is 2. The highest BCUT2D eigenvalue weighted by Crippen LogP contribution is 2.41. The molecule has 224 valence electrons. The first-order valence-electron chi connectivity index (χ1n) is 15.3. The van der Waals surface area contributed by atoms with Gasteiger partial charge in [0.1, 0.15) is 11.3 Å². The molecule has 1 saturated carbocycles. The zero-order valence-corrected chi connectivity index (χ0v) is 25.5. The number of rotatable bonds is 7. The van der Waals surface area contributed by atoms with Crippen molar-refractivity contribution in [3.63, 3.8) is 0 Å². The van der Waals surface area contributed by atoms with E-state index in [2.05, 4.69) is 41.0 Å². The summed E-state index contributed by atoms with van der Waals surface area (Å²) in [6.07, 6.45) is 4.04. The molecule has 2 aliphatic rings. The second-order valence-electron chi connectivity index (χ2n) is 11.7. The highest BCUT2D eigenvalue weighted by Gasteiger charge is 2.48. The molecule has 7 nitrogen and oxygen atoms in total. The summed E-state index contributed by atoms with van der Waals surface area (Å²) in [6.45, 7) is 4.36. The summed E-state index contributed by atoms with van der Waals surface area (Å²) >= 11 is 0. The molecule has 0 atom stereocenters. The van der Waals surface area contributed by atoms with E-state index >= 15 is 0 Å². The summed E-state index contributed by atoms with van der Waals surface area (Å²) in [6, 6.07) is 29.6. The van der Waals surface area contributed by atoms with Crippen LogP contribution in [0.2, 0.25) is 0 Å². The average molecular weight is 587 g/mol. The third kappa shape index (κ3) is 5.70. The fourth-order valence-electron chi connectivity index (χ4n) is 6.46. The van der Waals surface area contributed by atoms with Gasteiger partial charge in [-0.15, -0.1) is 0 Å². The standard InChI is InChI=1S/C37H38N4O3/c1-25-17-18-29(23-33(25)44-3)39-35(42)37(19-11-6-12-20-37)41-24-31-26(2)21-30(22-32(31)40-36(41)43)38-34(27-13-7-4-8-14-27)28-15-9-5-10-16-28/h4-5,7-10,13-18,21-23H,6,11-12,19-20,24H2,1-3H3,(H,39,42)(H,40,43). The first-order chi connectivity index (χ1) is 21.4. The van der Waals surface area contributed by atoms with E-state index in [1.165, 1.54) is 0 Å². The number of ether oxygens (including phenoxy) is 1. The molecular weight excluding hydrogens is 548 g/mol. The van der Waals surface area contributed by atoms with Crippen molar-refractivity contribution in [2.24, 2.45) is 4.99 Å². The maximum Gasteiger partial charge on any atom is 0.323 e. The van der Waals surface area contributed by atoms with E-state index in [-0.39, 0.29) is 11.9 Å². The first-order valence-corrected chi connectivity index (χ1v) is 15.3. The molecule has 1 fully saturated rings. The van der Waals surface area contributed by atoms with E-state index in [4.69, 9.17) is 9.73 Å². The van der Waals surface area contributed by atoms with Gasteiger partial charge in [-0.1, -0.05) is 86.0 Å². The van der Waals surface area contributed by atoms with Gasteiger partial charge in [0, 0.05) is 28.6 Å². The van der Waals surface area contributed by atoms with Crippen LogP contribution < -0.4 is 15.4 Å². The van der Waals surface area contributed by atoms with Crippen LogP contribution in [0.5, 0.6) is 5.75 Å². The van der Waals surface area contributed by atoms with E-state index in [9.17, 15) is 9.59 Å². The number of nitrogens with zero attached hydrogens (tertiary/aromatic N) is 2. The molecule has 0 bridgehead atoms. The molecule has 0 saturated heterocycles. The number of amides is 3. The van der Waals surface area contributed by atoms with E-state index in [0.717, 1.165) is 64.2 Å². The van der Waals surface area contributed by atoms with E-state index in [1.54, 1.807) is 12.0 Å². The molecule has 1 heterocycles. The van der Waals surface area contributed by atoms with Crippen molar-refractivity contribution in [1.82, 2.24) is 4.90 Å². The second-order valence-corrected chi connectivity index (χ2v) is 11.7. The molecule has 0 radical (unpaired) electrons. The lowest BCUT2D eigenvalue weighted by Crippen LogP contribution is -2.61. The number of carbonyl (C=O) groups is 2. The van der Waals surface area contributed by atoms with Crippen LogP contribution in [-0.4, -0.2) is 35.2 Å². The predicted octanol–water partition coefficient (Wildman–Crippen LogP) is 8.17. The number of fused-ring (bicyclic) bond motifs is 1. The van der Waals surface area contributed by atoms with E-state index in [1.807, 2.05) is 74.5 Å². The Morgan fingerprint density at radius 2 is 1.52 bits per heavy atom. The van der Waals surface area contributed by atoms with Crippen LogP contribution in [0, 0.1) is 13.8 Å². The fraction of sp³-hybridized carbons (Fsp3) is 0.270. The van der Waals surface area contributed by atoms with E-state index < -0.39 is 5.54 Å². The number of aliphatic imine (C=N–C) groups is 1. The lowest BCUT2D eigenvalue weighted by atomic mass is 9.78. The van der Waals surface area contributed by atoms with Crippen molar-refractivity contribution < 1.29 is 14.3 Å². The van der Waals surface area contributed by atoms with Crippen LogP contribution in [0.15, 0.2) is 96.0 Å². The molecule has 4 aromatic rings. The molecule has 0 aromatic heterocycles. The Labute approximate surface area is 259 Å².